The molecule has 1 atom stereocenters. The molecule has 4 heteroatoms. The number of hydrogen-bond donors (Lipinski definition) is 0. The molecule has 1 unspecified atom stereocenters. The van der Waals surface area contributed by atoms with Gasteiger partial charge in [0.15, 0.2) is 5.17 Å². The first-order chi connectivity index (χ1) is 6.51. The summed E-state index contributed by atoms with van der Waals surface area (Å²) in [5.74, 6) is 0.682. The Bertz CT molecular complexity index is 278. The van der Waals surface area contributed by atoms with Crippen LogP contribution in [0.3, 0.4) is 0 Å². The van der Waals surface area contributed by atoms with Gasteiger partial charge in [0, 0.05) is 12.1 Å². The number of nitrogens with zero attached hydrogens (tertiary/aromatic N) is 3. The summed E-state index contributed by atoms with van der Waals surface area (Å²) in [5, 5.41) is 9.44. The highest BCUT2D eigenvalue weighted by Gasteiger charge is 2.37. The van der Waals surface area contributed by atoms with Crippen molar-refractivity contribution in [3.05, 3.63) is 0 Å². The fraction of sp³-hybridized carbons (Fsp3) is 0.800. The molecule has 1 aliphatic rings. The lowest BCUT2D eigenvalue weighted by Crippen LogP contribution is -2.41. The minimum Gasteiger partial charge on any atom is -0.345 e. The van der Waals surface area contributed by atoms with Crippen molar-refractivity contribution >= 4 is 16.9 Å². The highest BCUT2D eigenvalue weighted by atomic mass is 32.2. The Morgan fingerprint density at radius 2 is 2.29 bits per heavy atom. The summed E-state index contributed by atoms with van der Waals surface area (Å²) in [6.07, 6.45) is 5.01. The van der Waals surface area contributed by atoms with Crippen LogP contribution in [0.15, 0.2) is 4.99 Å². The SMILES string of the molecule is CSC(=NC#N)N1CC(C)CC1(C)C. The highest BCUT2D eigenvalue weighted by molar-refractivity contribution is 8.13. The predicted octanol–water partition coefficient (Wildman–Crippen LogP) is 2.31. The molecule has 0 saturated carbocycles. The van der Waals surface area contributed by atoms with Crippen LogP contribution in [0.2, 0.25) is 0 Å². The zero-order valence-electron chi connectivity index (χ0n) is 9.24. The predicted molar refractivity (Wildman–Crippen MR) is 61.1 cm³/mol. The molecule has 0 aliphatic carbocycles. The molecular weight excluding hydrogens is 194 g/mol. The molecule has 3 nitrogen and oxygen atoms in total. The minimum atomic E-state index is 0.137. The van der Waals surface area contributed by atoms with Crippen LogP contribution in [0, 0.1) is 17.4 Å². The Labute approximate surface area is 90.2 Å². The van der Waals surface area contributed by atoms with E-state index in [1.54, 1.807) is 11.8 Å². The van der Waals surface area contributed by atoms with Crippen molar-refractivity contribution in [3.63, 3.8) is 0 Å². The van der Waals surface area contributed by atoms with E-state index in [0.29, 0.717) is 5.92 Å². The van der Waals surface area contributed by atoms with Crippen molar-refractivity contribution in [1.82, 2.24) is 4.90 Å². The molecule has 1 heterocycles. The Morgan fingerprint density at radius 1 is 1.64 bits per heavy atom. The van der Waals surface area contributed by atoms with E-state index in [2.05, 4.69) is 30.7 Å². The van der Waals surface area contributed by atoms with Crippen LogP contribution in [0.5, 0.6) is 0 Å². The van der Waals surface area contributed by atoms with E-state index in [4.69, 9.17) is 5.26 Å². The van der Waals surface area contributed by atoms with Gasteiger partial charge >= 0.3 is 0 Å². The first kappa shape index (κ1) is 11.4. The lowest BCUT2D eigenvalue weighted by atomic mass is 9.98. The van der Waals surface area contributed by atoms with E-state index in [0.717, 1.165) is 18.1 Å². The molecule has 0 N–H and O–H groups in total. The van der Waals surface area contributed by atoms with E-state index >= 15 is 0 Å². The average Bonchev–Trinajstić information content (AvgIpc) is 2.35. The first-order valence-corrected chi connectivity index (χ1v) is 6.02. The van der Waals surface area contributed by atoms with Crippen LogP contribution in [-0.4, -0.2) is 28.4 Å². The van der Waals surface area contributed by atoms with Crippen LogP contribution in [0.1, 0.15) is 27.2 Å². The Kier molecular flexibility index (Phi) is 3.43. The van der Waals surface area contributed by atoms with Gasteiger partial charge in [-0.1, -0.05) is 18.7 Å². The molecular formula is C10H17N3S. The number of aliphatic imine (C=N–C) groups is 1. The molecule has 1 aliphatic heterocycles. The summed E-state index contributed by atoms with van der Waals surface area (Å²) in [7, 11) is 0. The third kappa shape index (κ3) is 2.21. The third-order valence-corrected chi connectivity index (χ3v) is 3.31. The standard InChI is InChI=1S/C10H17N3S/c1-8-5-10(2,3)13(6-8)9(14-4)12-7-11/h8H,5-6H2,1-4H3. The molecule has 0 amide bonds. The van der Waals surface area contributed by atoms with Gasteiger partial charge in [0.25, 0.3) is 0 Å². The molecule has 1 rings (SSSR count). The van der Waals surface area contributed by atoms with Gasteiger partial charge in [0.1, 0.15) is 0 Å². The molecule has 1 fully saturated rings. The second kappa shape index (κ2) is 4.22. The summed E-state index contributed by atoms with van der Waals surface area (Å²) >= 11 is 1.55. The summed E-state index contributed by atoms with van der Waals surface area (Å²) in [5.41, 5.74) is 0.137. The summed E-state index contributed by atoms with van der Waals surface area (Å²) in [6.45, 7) is 7.67. The molecule has 1 saturated heterocycles. The van der Waals surface area contributed by atoms with Gasteiger partial charge in [-0.25, -0.2) is 0 Å². The van der Waals surface area contributed by atoms with Crippen molar-refractivity contribution in [2.45, 2.75) is 32.7 Å². The summed E-state index contributed by atoms with van der Waals surface area (Å²) in [6, 6.07) is 0. The fourth-order valence-electron chi connectivity index (χ4n) is 2.18. The topological polar surface area (TPSA) is 39.4 Å². The molecule has 78 valence electrons. The van der Waals surface area contributed by atoms with Crippen molar-refractivity contribution < 1.29 is 0 Å². The zero-order valence-corrected chi connectivity index (χ0v) is 10.1. The molecule has 0 radical (unpaired) electrons. The van der Waals surface area contributed by atoms with Crippen LogP contribution in [0.4, 0.5) is 0 Å². The maximum absolute atomic E-state index is 8.59. The second-order valence-corrected chi connectivity index (χ2v) is 5.20. The van der Waals surface area contributed by atoms with Gasteiger partial charge in [0.05, 0.1) is 0 Å². The number of rotatable bonds is 0. The fourth-order valence-corrected chi connectivity index (χ4v) is 2.86. The van der Waals surface area contributed by atoms with Crippen LogP contribution >= 0.6 is 11.8 Å². The Morgan fingerprint density at radius 3 is 2.64 bits per heavy atom. The van der Waals surface area contributed by atoms with Gasteiger partial charge in [-0.15, -0.1) is 4.99 Å². The largest absolute Gasteiger partial charge is 0.345 e. The second-order valence-electron chi connectivity index (χ2n) is 4.43. The van der Waals surface area contributed by atoms with E-state index in [9.17, 15) is 0 Å². The molecule has 0 spiro atoms. The van der Waals surface area contributed by atoms with Crippen molar-refractivity contribution in [1.29, 1.82) is 5.26 Å². The number of nitriles is 1. The normalized spacial score (nSPS) is 26.4. The van der Waals surface area contributed by atoms with Crippen molar-refractivity contribution in [2.75, 3.05) is 12.8 Å². The molecule has 0 aromatic rings. The molecule has 0 aromatic heterocycles. The maximum atomic E-state index is 8.59. The van der Waals surface area contributed by atoms with Crippen LogP contribution < -0.4 is 0 Å². The van der Waals surface area contributed by atoms with E-state index < -0.39 is 0 Å². The van der Waals surface area contributed by atoms with Gasteiger partial charge in [0.2, 0.25) is 6.19 Å². The highest BCUT2D eigenvalue weighted by Crippen LogP contribution is 2.34. The Balaban J connectivity index is 2.87. The van der Waals surface area contributed by atoms with Gasteiger partial charge in [-0.3, -0.25) is 0 Å². The van der Waals surface area contributed by atoms with Gasteiger partial charge in [-0.05, 0) is 32.4 Å². The van der Waals surface area contributed by atoms with Crippen LogP contribution in [-0.2, 0) is 0 Å². The van der Waals surface area contributed by atoms with Crippen molar-refractivity contribution in [2.24, 2.45) is 10.9 Å². The first-order valence-electron chi connectivity index (χ1n) is 4.79. The third-order valence-electron chi connectivity index (χ3n) is 2.63. The number of hydrogen-bond acceptors (Lipinski definition) is 3. The smallest absolute Gasteiger partial charge is 0.208 e. The maximum Gasteiger partial charge on any atom is 0.208 e. The summed E-state index contributed by atoms with van der Waals surface area (Å²) in [4.78, 5) is 6.11. The molecule has 14 heavy (non-hydrogen) atoms. The Hall–Kier alpha value is -0.690. The number of amidine groups is 1. The van der Waals surface area contributed by atoms with E-state index in [1.807, 2.05) is 12.4 Å². The van der Waals surface area contributed by atoms with Crippen molar-refractivity contribution in [3.8, 4) is 6.19 Å². The van der Waals surface area contributed by atoms with Gasteiger partial charge in [-0.2, -0.15) is 5.26 Å². The molecule has 0 aromatic carbocycles. The minimum absolute atomic E-state index is 0.137. The summed E-state index contributed by atoms with van der Waals surface area (Å²) < 4.78 is 0. The van der Waals surface area contributed by atoms with Crippen LogP contribution in [0.25, 0.3) is 0 Å². The number of thioether (sulfide) groups is 1. The molecule has 0 bridgehead atoms. The quantitative estimate of drug-likeness (QED) is 0.350. The average molecular weight is 211 g/mol. The van der Waals surface area contributed by atoms with E-state index in [-0.39, 0.29) is 5.54 Å². The lowest BCUT2D eigenvalue weighted by Gasteiger charge is -2.32. The monoisotopic (exact) mass is 211 g/mol. The number of likely N-dealkylation sites (tertiary alicyclic amines) is 1. The van der Waals surface area contributed by atoms with E-state index in [1.165, 1.54) is 0 Å². The zero-order chi connectivity index (χ0) is 10.8. The van der Waals surface area contributed by atoms with Gasteiger partial charge < -0.3 is 4.90 Å². The lowest BCUT2D eigenvalue weighted by molar-refractivity contribution is 0.287.